The van der Waals surface area contributed by atoms with Crippen molar-refractivity contribution < 1.29 is 9.72 Å². The molecule has 2 unspecified atom stereocenters. The highest BCUT2D eigenvalue weighted by molar-refractivity contribution is 5.96. The lowest BCUT2D eigenvalue weighted by Gasteiger charge is -2.21. The fourth-order valence-electron chi connectivity index (χ4n) is 3.15. The highest BCUT2D eigenvalue weighted by Crippen LogP contribution is 2.32. The SMILES string of the molecule is CC1CC(CN)CN1C(=O)c1ccc(NC2CC2)c([N+](=O)[O-])c1.Cl. The van der Waals surface area contributed by atoms with Gasteiger partial charge >= 0.3 is 0 Å². The maximum absolute atomic E-state index is 12.7. The molecule has 7 nitrogen and oxygen atoms in total. The molecule has 1 amide bonds. The minimum atomic E-state index is -0.433. The molecule has 1 aromatic rings. The molecule has 2 fully saturated rings. The fourth-order valence-corrected chi connectivity index (χ4v) is 3.15. The second-order valence-corrected chi connectivity index (χ2v) is 6.55. The lowest BCUT2D eigenvalue weighted by Crippen LogP contribution is -2.34. The number of anilines is 1. The molecule has 2 atom stereocenters. The van der Waals surface area contributed by atoms with Gasteiger partial charge in [0.1, 0.15) is 5.69 Å². The van der Waals surface area contributed by atoms with Crippen molar-refractivity contribution in [2.24, 2.45) is 11.7 Å². The Hall–Kier alpha value is -1.86. The van der Waals surface area contributed by atoms with Crippen LogP contribution in [0.15, 0.2) is 18.2 Å². The van der Waals surface area contributed by atoms with E-state index in [1.807, 2.05) is 6.92 Å². The number of benzene rings is 1. The number of hydrogen-bond acceptors (Lipinski definition) is 5. The Bertz CT molecular complexity index is 636. The Labute approximate surface area is 147 Å². The molecule has 1 saturated heterocycles. The molecule has 1 aliphatic heterocycles. The smallest absolute Gasteiger partial charge is 0.293 e. The summed E-state index contributed by atoms with van der Waals surface area (Å²) in [5, 5.41) is 14.4. The Morgan fingerprint density at radius 1 is 1.46 bits per heavy atom. The van der Waals surface area contributed by atoms with E-state index in [1.165, 1.54) is 6.07 Å². The van der Waals surface area contributed by atoms with Gasteiger partial charge in [0.15, 0.2) is 0 Å². The molecular weight excluding hydrogens is 332 g/mol. The molecule has 1 saturated carbocycles. The number of nitrogens with zero attached hydrogens (tertiary/aromatic N) is 2. The van der Waals surface area contributed by atoms with E-state index in [4.69, 9.17) is 5.73 Å². The quantitative estimate of drug-likeness (QED) is 0.624. The van der Waals surface area contributed by atoms with Crippen LogP contribution in [0.3, 0.4) is 0 Å². The predicted octanol–water partition coefficient (Wildman–Crippen LogP) is 2.40. The van der Waals surface area contributed by atoms with E-state index in [9.17, 15) is 14.9 Å². The predicted molar refractivity (Wildman–Crippen MR) is 94.6 cm³/mol. The van der Waals surface area contributed by atoms with Gasteiger partial charge < -0.3 is 16.0 Å². The molecule has 1 aromatic carbocycles. The standard InChI is InChI=1S/C16H22N4O3.ClH/c1-10-6-11(8-17)9-19(10)16(21)12-2-5-14(18-13-3-4-13)15(7-12)20(22)23;/h2,5,7,10-11,13,18H,3-4,6,8-9,17H2,1H3;1H. The first-order chi connectivity index (χ1) is 11.0. The molecule has 0 bridgehead atoms. The fraction of sp³-hybridized carbons (Fsp3) is 0.562. The molecule has 2 aliphatic rings. The van der Waals surface area contributed by atoms with Crippen molar-refractivity contribution in [2.75, 3.05) is 18.4 Å². The van der Waals surface area contributed by atoms with E-state index in [1.54, 1.807) is 17.0 Å². The van der Waals surface area contributed by atoms with Crippen molar-refractivity contribution in [3.63, 3.8) is 0 Å². The highest BCUT2D eigenvalue weighted by Gasteiger charge is 2.33. The average molecular weight is 355 g/mol. The maximum Gasteiger partial charge on any atom is 0.293 e. The molecule has 0 radical (unpaired) electrons. The summed E-state index contributed by atoms with van der Waals surface area (Å²) in [6, 6.07) is 5.13. The number of carbonyl (C=O) groups is 1. The number of amides is 1. The van der Waals surface area contributed by atoms with E-state index in [0.29, 0.717) is 36.3 Å². The molecule has 3 N–H and O–H groups in total. The Balaban J connectivity index is 0.00000208. The summed E-state index contributed by atoms with van der Waals surface area (Å²) in [7, 11) is 0. The molecule has 3 rings (SSSR count). The van der Waals surface area contributed by atoms with E-state index in [-0.39, 0.29) is 30.0 Å². The third-order valence-electron chi connectivity index (χ3n) is 4.63. The second kappa shape index (κ2) is 7.36. The van der Waals surface area contributed by atoms with Gasteiger partial charge in [-0.15, -0.1) is 12.4 Å². The van der Waals surface area contributed by atoms with Crippen molar-refractivity contribution in [1.82, 2.24) is 4.90 Å². The molecular formula is C16H23ClN4O3. The van der Waals surface area contributed by atoms with Gasteiger partial charge in [-0.2, -0.15) is 0 Å². The van der Waals surface area contributed by atoms with Crippen LogP contribution < -0.4 is 11.1 Å². The first-order valence-corrected chi connectivity index (χ1v) is 8.05. The number of nitrogens with two attached hydrogens (primary N) is 1. The van der Waals surface area contributed by atoms with Crippen LogP contribution in [0.5, 0.6) is 0 Å². The molecule has 24 heavy (non-hydrogen) atoms. The number of rotatable bonds is 5. The summed E-state index contributed by atoms with van der Waals surface area (Å²) in [6.07, 6.45) is 2.94. The summed E-state index contributed by atoms with van der Waals surface area (Å²) in [6.45, 7) is 3.16. The summed E-state index contributed by atoms with van der Waals surface area (Å²) < 4.78 is 0. The monoisotopic (exact) mass is 354 g/mol. The summed E-state index contributed by atoms with van der Waals surface area (Å²) in [4.78, 5) is 25.3. The molecule has 8 heteroatoms. The number of likely N-dealkylation sites (tertiary alicyclic amines) is 1. The average Bonchev–Trinajstić information content (AvgIpc) is 3.26. The van der Waals surface area contributed by atoms with Gasteiger partial charge in [0.05, 0.1) is 4.92 Å². The van der Waals surface area contributed by atoms with Crippen molar-refractivity contribution in [2.45, 2.75) is 38.3 Å². The van der Waals surface area contributed by atoms with E-state index in [2.05, 4.69) is 5.32 Å². The topological polar surface area (TPSA) is 102 Å². The third-order valence-corrected chi connectivity index (χ3v) is 4.63. The van der Waals surface area contributed by atoms with E-state index >= 15 is 0 Å². The number of carbonyl (C=O) groups excluding carboxylic acids is 1. The van der Waals surface area contributed by atoms with Crippen LogP contribution in [0.4, 0.5) is 11.4 Å². The minimum Gasteiger partial charge on any atom is -0.377 e. The highest BCUT2D eigenvalue weighted by atomic mass is 35.5. The van der Waals surface area contributed by atoms with Crippen LogP contribution in [0.2, 0.25) is 0 Å². The Kier molecular flexibility index (Phi) is 5.66. The largest absolute Gasteiger partial charge is 0.377 e. The molecule has 132 valence electrons. The summed E-state index contributed by atoms with van der Waals surface area (Å²) in [5.41, 5.74) is 6.51. The van der Waals surface area contributed by atoms with Crippen molar-refractivity contribution in [3.05, 3.63) is 33.9 Å². The van der Waals surface area contributed by atoms with Crippen LogP contribution in [0.1, 0.15) is 36.5 Å². The zero-order chi connectivity index (χ0) is 16.6. The summed E-state index contributed by atoms with van der Waals surface area (Å²) >= 11 is 0. The van der Waals surface area contributed by atoms with Gasteiger partial charge in [0.25, 0.3) is 11.6 Å². The second-order valence-electron chi connectivity index (χ2n) is 6.55. The maximum atomic E-state index is 12.7. The van der Waals surface area contributed by atoms with Gasteiger partial charge in [-0.1, -0.05) is 0 Å². The third kappa shape index (κ3) is 3.79. The zero-order valence-electron chi connectivity index (χ0n) is 13.6. The molecule has 0 spiro atoms. The van der Waals surface area contributed by atoms with Crippen LogP contribution in [-0.2, 0) is 0 Å². The lowest BCUT2D eigenvalue weighted by molar-refractivity contribution is -0.384. The normalized spacial score (nSPS) is 22.8. The van der Waals surface area contributed by atoms with E-state index < -0.39 is 4.92 Å². The first kappa shape index (κ1) is 18.5. The van der Waals surface area contributed by atoms with Crippen molar-refractivity contribution >= 4 is 29.7 Å². The summed E-state index contributed by atoms with van der Waals surface area (Å²) in [5.74, 6) is 0.147. The number of hydrogen-bond donors (Lipinski definition) is 2. The Morgan fingerprint density at radius 3 is 2.71 bits per heavy atom. The number of nitrogens with one attached hydrogen (secondary N) is 1. The van der Waals surface area contributed by atoms with Crippen LogP contribution >= 0.6 is 12.4 Å². The zero-order valence-corrected chi connectivity index (χ0v) is 14.4. The van der Waals surface area contributed by atoms with Gasteiger partial charge in [-0.25, -0.2) is 0 Å². The van der Waals surface area contributed by atoms with Crippen LogP contribution in [0.25, 0.3) is 0 Å². The van der Waals surface area contributed by atoms with E-state index in [0.717, 1.165) is 19.3 Å². The number of nitro benzene ring substituents is 1. The molecule has 1 heterocycles. The van der Waals surface area contributed by atoms with Crippen molar-refractivity contribution in [3.8, 4) is 0 Å². The minimum absolute atomic E-state index is 0. The van der Waals surface area contributed by atoms with Crippen LogP contribution in [0, 0.1) is 16.0 Å². The van der Waals surface area contributed by atoms with Crippen LogP contribution in [-0.4, -0.2) is 40.9 Å². The lowest BCUT2D eigenvalue weighted by atomic mass is 10.1. The number of halogens is 1. The van der Waals surface area contributed by atoms with Gasteiger partial charge in [0, 0.05) is 30.3 Å². The number of nitro groups is 1. The molecule has 0 aromatic heterocycles. The Morgan fingerprint density at radius 2 is 2.17 bits per heavy atom. The van der Waals surface area contributed by atoms with Crippen molar-refractivity contribution in [1.29, 1.82) is 0 Å². The van der Waals surface area contributed by atoms with Gasteiger partial charge in [0.2, 0.25) is 0 Å². The van der Waals surface area contributed by atoms with Gasteiger partial charge in [-0.3, -0.25) is 14.9 Å². The first-order valence-electron chi connectivity index (χ1n) is 8.05. The van der Waals surface area contributed by atoms with Gasteiger partial charge in [-0.05, 0) is 50.8 Å². The molecule has 1 aliphatic carbocycles.